The Hall–Kier alpha value is -2.60. The van der Waals surface area contributed by atoms with E-state index in [-0.39, 0.29) is 11.8 Å². The number of pyridine rings is 1. The van der Waals surface area contributed by atoms with Gasteiger partial charge in [-0.3, -0.25) is 0 Å². The van der Waals surface area contributed by atoms with Gasteiger partial charge in [0.2, 0.25) is 5.95 Å². The number of benzene rings is 1. The van der Waals surface area contributed by atoms with Gasteiger partial charge in [0.15, 0.2) is 5.82 Å². The smallest absolute Gasteiger partial charge is 0.222 e. The zero-order chi connectivity index (χ0) is 16.4. The van der Waals surface area contributed by atoms with Gasteiger partial charge in [0.1, 0.15) is 11.3 Å². The van der Waals surface area contributed by atoms with Crippen LogP contribution in [-0.4, -0.2) is 21.5 Å². The standard InChI is InChI=1S/C16H17ClN6/c1-2-23(9-10-3-5-11(17)6-4-10)13-8-7-12-14(21-13)15(18)22-16(19)20-12/h3-8H,2,9H2,1H3,(H4,18,19,20,22). The maximum absolute atomic E-state index is 5.93. The van der Waals surface area contributed by atoms with Crippen LogP contribution < -0.4 is 16.4 Å². The predicted octanol–water partition coefficient (Wildman–Crippen LogP) is 2.87. The molecule has 118 valence electrons. The van der Waals surface area contributed by atoms with Crippen LogP contribution in [0.2, 0.25) is 5.02 Å². The summed E-state index contributed by atoms with van der Waals surface area (Å²) < 4.78 is 0. The van der Waals surface area contributed by atoms with Crippen molar-refractivity contribution >= 4 is 40.2 Å². The van der Waals surface area contributed by atoms with Crippen LogP contribution in [0.25, 0.3) is 11.0 Å². The fourth-order valence-electron chi connectivity index (χ4n) is 2.39. The van der Waals surface area contributed by atoms with Gasteiger partial charge in [-0.05, 0) is 36.8 Å². The number of hydrogen-bond acceptors (Lipinski definition) is 6. The zero-order valence-corrected chi connectivity index (χ0v) is 13.5. The van der Waals surface area contributed by atoms with Crippen LogP contribution in [0.3, 0.4) is 0 Å². The van der Waals surface area contributed by atoms with Gasteiger partial charge >= 0.3 is 0 Å². The molecule has 0 aliphatic rings. The Labute approximate surface area is 139 Å². The lowest BCUT2D eigenvalue weighted by atomic mass is 10.2. The molecule has 4 N–H and O–H groups in total. The number of anilines is 3. The molecule has 0 saturated carbocycles. The molecule has 0 spiro atoms. The molecule has 23 heavy (non-hydrogen) atoms. The highest BCUT2D eigenvalue weighted by Gasteiger charge is 2.11. The van der Waals surface area contributed by atoms with E-state index in [2.05, 4.69) is 26.8 Å². The number of nitrogens with zero attached hydrogens (tertiary/aromatic N) is 4. The van der Waals surface area contributed by atoms with Gasteiger partial charge in [0, 0.05) is 18.1 Å². The summed E-state index contributed by atoms with van der Waals surface area (Å²) in [5, 5.41) is 0.725. The molecule has 3 rings (SSSR count). The molecular formula is C16H17ClN6. The first-order valence-electron chi connectivity index (χ1n) is 7.26. The first-order valence-corrected chi connectivity index (χ1v) is 7.63. The first kappa shape index (κ1) is 15.3. The van der Waals surface area contributed by atoms with Crippen LogP contribution in [0.4, 0.5) is 17.6 Å². The van der Waals surface area contributed by atoms with E-state index in [1.807, 2.05) is 36.4 Å². The van der Waals surface area contributed by atoms with Crippen LogP contribution in [0.15, 0.2) is 36.4 Å². The van der Waals surface area contributed by atoms with E-state index >= 15 is 0 Å². The van der Waals surface area contributed by atoms with E-state index in [1.54, 1.807) is 0 Å². The van der Waals surface area contributed by atoms with E-state index in [0.717, 1.165) is 29.5 Å². The Morgan fingerprint density at radius 2 is 1.74 bits per heavy atom. The summed E-state index contributed by atoms with van der Waals surface area (Å²) in [7, 11) is 0. The summed E-state index contributed by atoms with van der Waals surface area (Å²) in [5.41, 5.74) is 13.9. The van der Waals surface area contributed by atoms with Crippen LogP contribution in [0.1, 0.15) is 12.5 Å². The molecule has 6 nitrogen and oxygen atoms in total. The summed E-state index contributed by atoms with van der Waals surface area (Å²) in [5.74, 6) is 1.25. The van der Waals surface area contributed by atoms with Crippen molar-refractivity contribution in [2.75, 3.05) is 22.9 Å². The average Bonchev–Trinajstić information content (AvgIpc) is 2.54. The van der Waals surface area contributed by atoms with Crippen molar-refractivity contribution in [3.8, 4) is 0 Å². The van der Waals surface area contributed by atoms with Crippen molar-refractivity contribution in [3.63, 3.8) is 0 Å². The summed E-state index contributed by atoms with van der Waals surface area (Å²) >= 11 is 5.93. The highest BCUT2D eigenvalue weighted by Crippen LogP contribution is 2.22. The first-order chi connectivity index (χ1) is 11.1. The molecule has 0 atom stereocenters. The SMILES string of the molecule is CCN(Cc1ccc(Cl)cc1)c1ccc2nc(N)nc(N)c2n1. The molecule has 3 aromatic rings. The normalized spacial score (nSPS) is 10.9. The third kappa shape index (κ3) is 3.27. The summed E-state index contributed by atoms with van der Waals surface area (Å²) in [4.78, 5) is 14.9. The Morgan fingerprint density at radius 1 is 1.00 bits per heavy atom. The second-order valence-corrected chi connectivity index (χ2v) is 5.58. The summed E-state index contributed by atoms with van der Waals surface area (Å²) in [6, 6.07) is 11.5. The lowest BCUT2D eigenvalue weighted by molar-refractivity contribution is 0.816. The van der Waals surface area contributed by atoms with Gasteiger partial charge in [-0.15, -0.1) is 0 Å². The van der Waals surface area contributed by atoms with Crippen LogP contribution in [0, 0.1) is 0 Å². The van der Waals surface area contributed by atoms with Crippen molar-refractivity contribution in [1.82, 2.24) is 15.0 Å². The second-order valence-electron chi connectivity index (χ2n) is 5.14. The van der Waals surface area contributed by atoms with Gasteiger partial charge in [0.05, 0.1) is 5.52 Å². The maximum Gasteiger partial charge on any atom is 0.222 e. The Balaban J connectivity index is 1.94. The quantitative estimate of drug-likeness (QED) is 0.764. The molecule has 2 aromatic heterocycles. The van der Waals surface area contributed by atoms with Crippen LogP contribution >= 0.6 is 11.6 Å². The molecule has 7 heteroatoms. The van der Waals surface area contributed by atoms with Crippen molar-refractivity contribution < 1.29 is 0 Å². The fourth-order valence-corrected chi connectivity index (χ4v) is 2.51. The Kier molecular flexibility index (Phi) is 4.16. The molecule has 2 heterocycles. The number of aromatic nitrogens is 3. The molecule has 0 saturated heterocycles. The molecule has 0 aliphatic heterocycles. The van der Waals surface area contributed by atoms with Crippen molar-refractivity contribution in [1.29, 1.82) is 0 Å². The maximum atomic E-state index is 5.93. The van der Waals surface area contributed by atoms with Gasteiger partial charge in [-0.2, -0.15) is 4.98 Å². The molecular weight excluding hydrogens is 312 g/mol. The minimum absolute atomic E-state index is 0.151. The minimum atomic E-state index is 0.151. The molecule has 0 bridgehead atoms. The monoisotopic (exact) mass is 328 g/mol. The molecule has 0 radical (unpaired) electrons. The van der Waals surface area contributed by atoms with E-state index in [1.165, 1.54) is 0 Å². The van der Waals surface area contributed by atoms with Crippen LogP contribution in [-0.2, 0) is 6.54 Å². The lowest BCUT2D eigenvalue weighted by Gasteiger charge is -2.22. The Bertz CT molecular complexity index is 834. The number of hydrogen-bond donors (Lipinski definition) is 2. The van der Waals surface area contributed by atoms with Crippen molar-refractivity contribution in [3.05, 3.63) is 47.0 Å². The molecule has 0 unspecified atom stereocenters. The third-order valence-electron chi connectivity index (χ3n) is 3.56. The number of rotatable bonds is 4. The highest BCUT2D eigenvalue weighted by molar-refractivity contribution is 6.30. The second kappa shape index (κ2) is 6.26. The van der Waals surface area contributed by atoms with Gasteiger partial charge in [-0.1, -0.05) is 23.7 Å². The molecule has 0 fully saturated rings. The summed E-state index contributed by atoms with van der Waals surface area (Å²) in [6.45, 7) is 3.60. The van der Waals surface area contributed by atoms with Crippen molar-refractivity contribution in [2.45, 2.75) is 13.5 Å². The number of halogens is 1. The minimum Gasteiger partial charge on any atom is -0.382 e. The number of fused-ring (bicyclic) bond motifs is 1. The lowest BCUT2D eigenvalue weighted by Crippen LogP contribution is -2.23. The zero-order valence-electron chi connectivity index (χ0n) is 12.7. The van der Waals surface area contributed by atoms with Gasteiger partial charge in [0.25, 0.3) is 0 Å². The molecule has 0 amide bonds. The van der Waals surface area contributed by atoms with Crippen LogP contribution in [0.5, 0.6) is 0 Å². The number of nitrogen functional groups attached to an aromatic ring is 2. The predicted molar refractivity (Wildman–Crippen MR) is 94.3 cm³/mol. The molecule has 0 aliphatic carbocycles. The number of nitrogens with two attached hydrogens (primary N) is 2. The van der Waals surface area contributed by atoms with E-state index in [4.69, 9.17) is 23.1 Å². The largest absolute Gasteiger partial charge is 0.382 e. The van der Waals surface area contributed by atoms with Gasteiger partial charge in [-0.25, -0.2) is 9.97 Å². The topological polar surface area (TPSA) is 94.0 Å². The fraction of sp³-hybridized carbons (Fsp3) is 0.188. The summed E-state index contributed by atoms with van der Waals surface area (Å²) in [6.07, 6.45) is 0. The van der Waals surface area contributed by atoms with E-state index in [0.29, 0.717) is 11.0 Å². The Morgan fingerprint density at radius 3 is 2.43 bits per heavy atom. The average molecular weight is 329 g/mol. The van der Waals surface area contributed by atoms with Crippen molar-refractivity contribution in [2.24, 2.45) is 0 Å². The molecule has 1 aromatic carbocycles. The third-order valence-corrected chi connectivity index (χ3v) is 3.82. The van der Waals surface area contributed by atoms with E-state index in [9.17, 15) is 0 Å². The highest BCUT2D eigenvalue weighted by atomic mass is 35.5. The van der Waals surface area contributed by atoms with Gasteiger partial charge < -0.3 is 16.4 Å². The van der Waals surface area contributed by atoms with E-state index < -0.39 is 0 Å².